The Bertz CT molecular complexity index is 2280. The molecular formula is C49H65BrF4N4O6Sn. The summed E-state index contributed by atoms with van der Waals surface area (Å²) in [6.07, 6.45) is 11.5. The summed E-state index contributed by atoms with van der Waals surface area (Å²) in [6, 6.07) is 20.1. The molecule has 4 heterocycles. The van der Waals surface area contributed by atoms with Crippen LogP contribution in [0.1, 0.15) is 128 Å². The summed E-state index contributed by atoms with van der Waals surface area (Å²) in [5, 5.41) is 0. The van der Waals surface area contributed by atoms with Crippen molar-refractivity contribution in [3.8, 4) is 34.0 Å². The average molecular weight is 1080 g/mol. The molecule has 0 saturated carbocycles. The topological polar surface area (TPSA) is 115 Å². The van der Waals surface area contributed by atoms with E-state index in [9.17, 15) is 18.4 Å². The van der Waals surface area contributed by atoms with Gasteiger partial charge in [0.2, 0.25) is 11.5 Å². The molecule has 0 bridgehead atoms. The maximum atomic E-state index is 13.6. The van der Waals surface area contributed by atoms with Crippen LogP contribution in [0.2, 0.25) is 13.3 Å². The van der Waals surface area contributed by atoms with Crippen LogP contribution in [0.25, 0.3) is 34.0 Å². The van der Waals surface area contributed by atoms with Gasteiger partial charge in [-0.1, -0.05) is 7.43 Å². The zero-order chi connectivity index (χ0) is 47.4. The number of imidazole rings is 2. The maximum absolute atomic E-state index is 13.6. The van der Waals surface area contributed by atoms with Crippen LogP contribution in [-0.2, 0) is 9.47 Å². The third-order valence-corrected chi connectivity index (χ3v) is 26.6. The van der Waals surface area contributed by atoms with Gasteiger partial charge in [0.25, 0.3) is 0 Å². The molecule has 356 valence electrons. The van der Waals surface area contributed by atoms with E-state index in [4.69, 9.17) is 23.0 Å². The molecule has 0 aliphatic heterocycles. The molecule has 0 fully saturated rings. The first-order chi connectivity index (χ1) is 30.7. The molecule has 2 aromatic carbocycles. The first kappa shape index (κ1) is 56.5. The van der Waals surface area contributed by atoms with Crippen molar-refractivity contribution in [1.82, 2.24) is 19.1 Å². The molecule has 0 saturated heterocycles. The van der Waals surface area contributed by atoms with Crippen molar-refractivity contribution in [3.63, 3.8) is 0 Å². The summed E-state index contributed by atoms with van der Waals surface area (Å²) in [5.41, 5.74) is 4.39. The van der Waals surface area contributed by atoms with Crippen LogP contribution < -0.4 is 3.71 Å². The number of furan rings is 2. The minimum absolute atomic E-state index is 0. The van der Waals surface area contributed by atoms with Crippen molar-refractivity contribution in [1.29, 1.82) is 0 Å². The van der Waals surface area contributed by atoms with Crippen molar-refractivity contribution >= 4 is 50.0 Å². The molecule has 0 unspecified atom stereocenters. The second kappa shape index (κ2) is 28.4. The van der Waals surface area contributed by atoms with Crippen molar-refractivity contribution in [2.24, 2.45) is 0 Å². The van der Waals surface area contributed by atoms with Crippen molar-refractivity contribution in [2.75, 3.05) is 14.2 Å². The number of benzene rings is 2. The van der Waals surface area contributed by atoms with E-state index in [0.717, 1.165) is 22.5 Å². The minimum atomic E-state index is -2.68. The first-order valence-corrected chi connectivity index (χ1v) is 29.8. The molecule has 16 heteroatoms. The summed E-state index contributed by atoms with van der Waals surface area (Å²) >= 11 is 0.374. The van der Waals surface area contributed by atoms with Gasteiger partial charge >= 0.3 is 188 Å². The van der Waals surface area contributed by atoms with E-state index in [2.05, 4.69) is 75.9 Å². The van der Waals surface area contributed by atoms with Crippen LogP contribution in [0.3, 0.4) is 0 Å². The van der Waals surface area contributed by atoms with Gasteiger partial charge in [-0.15, -0.1) is 0 Å². The zero-order valence-electron chi connectivity index (χ0n) is 38.2. The molecule has 0 atom stereocenters. The molecule has 4 aromatic heterocycles. The Morgan fingerprint density at radius 3 is 1.48 bits per heavy atom. The van der Waals surface area contributed by atoms with E-state index >= 15 is 0 Å². The molecule has 0 spiro atoms. The number of carbonyl (C=O) groups is 2. The van der Waals surface area contributed by atoms with Crippen molar-refractivity contribution in [2.45, 2.75) is 120 Å². The number of rotatable bonds is 17. The fourth-order valence-corrected chi connectivity index (χ4v) is 25.2. The molecule has 0 aliphatic rings. The molecule has 65 heavy (non-hydrogen) atoms. The van der Waals surface area contributed by atoms with Crippen LogP contribution in [0, 0.1) is 11.6 Å². The summed E-state index contributed by atoms with van der Waals surface area (Å²) in [4.78, 5) is 31.7. The van der Waals surface area contributed by atoms with Gasteiger partial charge in [-0.3, -0.25) is 0 Å². The fraction of sp³-hybridized carbons (Fsp3) is 0.429. The minimum Gasteiger partial charge on any atom is -0.463 e. The Morgan fingerprint density at radius 2 is 1.06 bits per heavy atom. The second-order valence-corrected chi connectivity index (χ2v) is 29.5. The van der Waals surface area contributed by atoms with Gasteiger partial charge in [-0.25, -0.2) is 19.0 Å². The number of nitrogens with zero attached hydrogens (tertiary/aromatic N) is 4. The smallest absolute Gasteiger partial charge is 0.373 e. The number of unbranched alkanes of at least 4 members (excludes halogenated alkanes) is 3. The van der Waals surface area contributed by atoms with E-state index in [1.165, 1.54) is 84.3 Å². The van der Waals surface area contributed by atoms with Crippen LogP contribution in [0.15, 0.2) is 99.0 Å². The number of carbonyl (C=O) groups excluding carboxylic acids is 2. The predicted octanol–water partition coefficient (Wildman–Crippen LogP) is 14.9. The number of hydrogen-bond acceptors (Lipinski definition) is 8. The van der Waals surface area contributed by atoms with Crippen molar-refractivity contribution in [3.05, 3.63) is 113 Å². The van der Waals surface area contributed by atoms with Gasteiger partial charge in [0, 0.05) is 20.8 Å². The van der Waals surface area contributed by atoms with Gasteiger partial charge in [0.05, 0.1) is 26.2 Å². The van der Waals surface area contributed by atoms with Crippen LogP contribution in [0.4, 0.5) is 17.9 Å². The summed E-state index contributed by atoms with van der Waals surface area (Å²) < 4.78 is 73.1. The van der Waals surface area contributed by atoms with Gasteiger partial charge in [0.15, 0.2) is 10.4 Å². The molecular weight excluding hydrogens is 1020 g/mol. The summed E-state index contributed by atoms with van der Waals surface area (Å²) in [7, 11) is 2.60. The quantitative estimate of drug-likeness (QED) is 0.0504. The average Bonchev–Trinajstić information content (AvgIpc) is 4.14. The number of hydrogen-bond donors (Lipinski definition) is 0. The number of ether oxygens (including phenoxy) is 2. The SMILES string of the molecule is C.CCC[CH2][Sn]([CH2]CCC)([CH2]CCC)[c]1c(-c2ccc(F)cc2)ncn1C(C)C.COC(=O)c1ccc(-c2c(-c3ccc(F)cc3)ncn2C(C)C)o1.COC(=O)c1ccc(Br)o1.FF. The zero-order valence-corrected chi connectivity index (χ0v) is 42.7. The number of esters is 2. The van der Waals surface area contributed by atoms with E-state index in [1.54, 1.807) is 52.5 Å². The van der Waals surface area contributed by atoms with Gasteiger partial charge in [0.1, 0.15) is 11.5 Å². The van der Waals surface area contributed by atoms with E-state index in [1.807, 2.05) is 30.5 Å². The van der Waals surface area contributed by atoms with E-state index in [0.29, 0.717) is 22.2 Å². The van der Waals surface area contributed by atoms with Gasteiger partial charge < -0.3 is 22.9 Å². The van der Waals surface area contributed by atoms with Gasteiger partial charge in [-0.2, -0.15) is 0 Å². The van der Waals surface area contributed by atoms with E-state index < -0.39 is 30.3 Å². The standard InChI is InChI=1S/C18H17FN2O3.C12H12FN2.C6H5BrO3.3C4H9.CH4.F2.Sn/c1-11(2)21-10-20-16(12-4-6-13(19)7-5-12)17(21)14-8-9-15(24-14)18(22)23-3;1-9(2)15-7-12(14-8-15)10-3-5-11(13)6-4-10;1-9-6(8)4-2-3-5(7)10-4;3*1-3-4-2;;1-2;/h4-11H,1-3H3;3-6,8-9H,1-2H3;2-3H,1H3;3*1,3-4H2,2H3;1H4;;. The van der Waals surface area contributed by atoms with Crippen LogP contribution in [-0.4, -0.2) is 63.6 Å². The Morgan fingerprint density at radius 1 is 0.646 bits per heavy atom. The Labute approximate surface area is 394 Å². The third kappa shape index (κ3) is 15.5. The van der Waals surface area contributed by atoms with Crippen LogP contribution >= 0.6 is 15.9 Å². The normalized spacial score (nSPS) is 10.8. The molecule has 0 N–H and O–H groups in total. The Kier molecular flexibility index (Phi) is 24.7. The summed E-state index contributed by atoms with van der Waals surface area (Å²) in [6.45, 7) is 15.5. The monoisotopic (exact) mass is 1080 g/mol. The number of halogens is 5. The second-order valence-electron chi connectivity index (χ2n) is 15.7. The number of methoxy groups -OCH3 is 2. The third-order valence-electron chi connectivity index (χ3n) is 10.7. The predicted molar refractivity (Wildman–Crippen MR) is 256 cm³/mol. The first-order valence-electron chi connectivity index (χ1n) is 21.6. The van der Waals surface area contributed by atoms with E-state index in [-0.39, 0.29) is 36.6 Å². The Hall–Kier alpha value is -4.64. The molecule has 6 aromatic rings. The largest absolute Gasteiger partial charge is 0.463 e. The van der Waals surface area contributed by atoms with Crippen molar-refractivity contribution < 1.29 is 45.8 Å². The van der Waals surface area contributed by atoms with Crippen LogP contribution in [0.5, 0.6) is 0 Å². The summed E-state index contributed by atoms with van der Waals surface area (Å²) in [5.74, 6) is -0.670. The van der Waals surface area contributed by atoms with Gasteiger partial charge in [-0.05, 0) is 78.3 Å². The molecule has 0 aliphatic carbocycles. The number of aromatic nitrogens is 4. The Balaban J connectivity index is 0.000000355. The fourth-order valence-electron chi connectivity index (χ4n) is 7.39. The molecule has 6 rings (SSSR count). The maximum Gasteiger partial charge on any atom is 0.373 e. The molecule has 0 radical (unpaired) electrons. The molecule has 10 nitrogen and oxygen atoms in total. The molecule has 0 amide bonds.